The van der Waals surface area contributed by atoms with Gasteiger partial charge in [-0.15, -0.1) is 0 Å². The molecule has 0 aromatic carbocycles. The second-order valence-corrected chi connectivity index (χ2v) is 4.27. The van der Waals surface area contributed by atoms with E-state index in [1.807, 2.05) is 18.7 Å². The van der Waals surface area contributed by atoms with Crippen LogP contribution in [0.5, 0.6) is 0 Å². The largest absolute Gasteiger partial charge is 0.409 e. The summed E-state index contributed by atoms with van der Waals surface area (Å²) in [6.45, 7) is 5.65. The summed E-state index contributed by atoms with van der Waals surface area (Å²) in [5.41, 5.74) is 5.07. The number of nitro groups is 1. The molecule has 0 radical (unpaired) electrons. The highest BCUT2D eigenvalue weighted by molar-refractivity contribution is 5.99. The molecule has 0 unspecified atom stereocenters. The van der Waals surface area contributed by atoms with Gasteiger partial charge in [-0.1, -0.05) is 19.0 Å². The Morgan fingerprint density at radius 2 is 2.05 bits per heavy atom. The maximum Gasteiger partial charge on any atom is 0.298 e. The zero-order chi connectivity index (χ0) is 15.1. The Kier molecular flexibility index (Phi) is 5.70. The summed E-state index contributed by atoms with van der Waals surface area (Å²) in [7, 11) is 0. The molecule has 1 aromatic heterocycles. The molecule has 0 saturated heterocycles. The van der Waals surface area contributed by atoms with Crippen LogP contribution in [-0.2, 0) is 0 Å². The smallest absolute Gasteiger partial charge is 0.298 e. The molecule has 0 spiro atoms. The van der Waals surface area contributed by atoms with E-state index in [2.05, 4.69) is 10.1 Å². The topological polar surface area (TPSA) is 118 Å². The highest BCUT2D eigenvalue weighted by atomic mass is 16.6. The Morgan fingerprint density at radius 3 is 2.50 bits per heavy atom. The van der Waals surface area contributed by atoms with Crippen molar-refractivity contribution in [3.8, 4) is 0 Å². The highest BCUT2D eigenvalue weighted by Crippen LogP contribution is 2.21. The van der Waals surface area contributed by atoms with Crippen molar-refractivity contribution in [2.24, 2.45) is 10.9 Å². The lowest BCUT2D eigenvalue weighted by molar-refractivity contribution is -0.385. The van der Waals surface area contributed by atoms with Gasteiger partial charge in [-0.05, 0) is 18.9 Å². The van der Waals surface area contributed by atoms with Crippen molar-refractivity contribution in [3.05, 3.63) is 27.9 Å². The summed E-state index contributed by atoms with van der Waals surface area (Å²) in [5, 5.41) is 22.5. The number of pyridine rings is 1. The summed E-state index contributed by atoms with van der Waals surface area (Å²) in [4.78, 5) is 16.5. The molecule has 0 aliphatic heterocycles. The van der Waals surface area contributed by atoms with Crippen LogP contribution in [0.1, 0.15) is 32.4 Å². The van der Waals surface area contributed by atoms with Crippen molar-refractivity contribution in [2.75, 3.05) is 18.0 Å². The molecule has 110 valence electrons. The zero-order valence-corrected chi connectivity index (χ0v) is 11.6. The summed E-state index contributed by atoms with van der Waals surface area (Å²) in [6.07, 6.45) is 1.86. The maximum absolute atomic E-state index is 10.9. The predicted octanol–water partition coefficient (Wildman–Crippen LogP) is 1.71. The van der Waals surface area contributed by atoms with Crippen LogP contribution >= 0.6 is 0 Å². The van der Waals surface area contributed by atoms with Crippen molar-refractivity contribution in [1.82, 2.24) is 4.98 Å². The Balaban J connectivity index is 3.26. The monoisotopic (exact) mass is 281 g/mol. The maximum atomic E-state index is 10.9. The van der Waals surface area contributed by atoms with E-state index in [1.54, 1.807) is 6.07 Å². The number of amidine groups is 1. The predicted molar refractivity (Wildman–Crippen MR) is 76.2 cm³/mol. The molecule has 8 heteroatoms. The molecule has 0 amide bonds. The van der Waals surface area contributed by atoms with Crippen LogP contribution in [0.25, 0.3) is 0 Å². The molecule has 0 atom stereocenters. The summed E-state index contributed by atoms with van der Waals surface area (Å²) in [6, 6.07) is 2.91. The highest BCUT2D eigenvalue weighted by Gasteiger charge is 2.21. The number of nitrogens with zero attached hydrogens (tertiary/aromatic N) is 4. The minimum atomic E-state index is -0.603. The molecule has 20 heavy (non-hydrogen) atoms. The Hall–Kier alpha value is -2.38. The van der Waals surface area contributed by atoms with Gasteiger partial charge in [0.1, 0.15) is 5.82 Å². The van der Waals surface area contributed by atoms with Crippen LogP contribution in [0.3, 0.4) is 0 Å². The van der Waals surface area contributed by atoms with Gasteiger partial charge in [-0.2, -0.15) is 0 Å². The van der Waals surface area contributed by atoms with Crippen molar-refractivity contribution < 1.29 is 10.1 Å². The first-order valence-electron chi connectivity index (χ1n) is 6.43. The van der Waals surface area contributed by atoms with E-state index in [0.29, 0.717) is 5.82 Å². The van der Waals surface area contributed by atoms with E-state index in [4.69, 9.17) is 10.9 Å². The molecular weight excluding hydrogens is 262 g/mol. The first kappa shape index (κ1) is 15.7. The molecule has 0 aliphatic carbocycles. The second kappa shape index (κ2) is 7.27. The van der Waals surface area contributed by atoms with Gasteiger partial charge in [0.25, 0.3) is 5.69 Å². The molecule has 8 nitrogen and oxygen atoms in total. The van der Waals surface area contributed by atoms with E-state index < -0.39 is 4.92 Å². The molecule has 0 aliphatic rings. The fourth-order valence-electron chi connectivity index (χ4n) is 1.88. The van der Waals surface area contributed by atoms with Crippen LogP contribution in [0.2, 0.25) is 0 Å². The Labute approximate surface area is 117 Å². The first-order valence-corrected chi connectivity index (χ1v) is 6.43. The number of nitrogens with two attached hydrogens (primary N) is 1. The van der Waals surface area contributed by atoms with Crippen molar-refractivity contribution >= 4 is 17.3 Å². The lowest BCUT2D eigenvalue weighted by Crippen LogP contribution is -2.27. The number of rotatable bonds is 7. The number of aromatic nitrogens is 1. The van der Waals surface area contributed by atoms with Gasteiger partial charge in [-0.3, -0.25) is 10.1 Å². The van der Waals surface area contributed by atoms with Gasteiger partial charge < -0.3 is 15.8 Å². The van der Waals surface area contributed by atoms with Gasteiger partial charge in [0.2, 0.25) is 0 Å². The molecule has 1 heterocycles. The van der Waals surface area contributed by atoms with E-state index in [1.165, 1.54) is 6.07 Å². The van der Waals surface area contributed by atoms with Crippen molar-refractivity contribution in [1.29, 1.82) is 0 Å². The van der Waals surface area contributed by atoms with Gasteiger partial charge in [0, 0.05) is 19.2 Å². The third kappa shape index (κ3) is 3.56. The minimum Gasteiger partial charge on any atom is -0.409 e. The molecule has 0 saturated carbocycles. The van der Waals surface area contributed by atoms with Crippen LogP contribution < -0.4 is 10.6 Å². The van der Waals surface area contributed by atoms with Crippen molar-refractivity contribution in [2.45, 2.75) is 26.7 Å². The first-order chi connectivity index (χ1) is 9.54. The molecule has 3 N–H and O–H groups in total. The lowest BCUT2D eigenvalue weighted by Gasteiger charge is -2.22. The zero-order valence-electron chi connectivity index (χ0n) is 11.6. The fourth-order valence-corrected chi connectivity index (χ4v) is 1.88. The average Bonchev–Trinajstić information content (AvgIpc) is 2.45. The van der Waals surface area contributed by atoms with Gasteiger partial charge in [-0.25, -0.2) is 4.98 Å². The van der Waals surface area contributed by atoms with Crippen LogP contribution in [0.15, 0.2) is 17.3 Å². The molecule has 0 bridgehead atoms. The van der Waals surface area contributed by atoms with Gasteiger partial charge in [0.05, 0.1) is 4.92 Å². The minimum absolute atomic E-state index is 0.118. The normalized spacial score (nSPS) is 11.4. The van der Waals surface area contributed by atoms with E-state index in [-0.39, 0.29) is 17.2 Å². The molecule has 1 aromatic rings. The fraction of sp³-hybridized carbons (Fsp3) is 0.500. The third-order valence-corrected chi connectivity index (χ3v) is 2.72. The molecular formula is C12H19N5O3. The Morgan fingerprint density at radius 1 is 1.45 bits per heavy atom. The van der Waals surface area contributed by atoms with Crippen LogP contribution in [0.4, 0.5) is 11.5 Å². The van der Waals surface area contributed by atoms with E-state index in [9.17, 15) is 10.1 Å². The second-order valence-electron chi connectivity index (χ2n) is 4.27. The third-order valence-electron chi connectivity index (χ3n) is 2.72. The number of hydrogen-bond donors (Lipinski definition) is 2. The van der Waals surface area contributed by atoms with Gasteiger partial charge in [0.15, 0.2) is 11.5 Å². The summed E-state index contributed by atoms with van der Waals surface area (Å²) in [5.74, 6) is 0.215. The van der Waals surface area contributed by atoms with E-state index >= 15 is 0 Å². The van der Waals surface area contributed by atoms with Gasteiger partial charge >= 0.3 is 0 Å². The standard InChI is InChI=1S/C12H19N5O3/c1-3-7-16(8-4-2)10-6-5-9(17(19)20)11(14-10)12(13)15-18/h5-6,18H,3-4,7-8H2,1-2H3,(H2,13,15). The van der Waals surface area contributed by atoms with Crippen LogP contribution in [0, 0.1) is 10.1 Å². The lowest BCUT2D eigenvalue weighted by atomic mass is 10.2. The van der Waals surface area contributed by atoms with E-state index in [0.717, 1.165) is 25.9 Å². The average molecular weight is 281 g/mol. The molecule has 1 rings (SSSR count). The number of anilines is 1. The molecule has 0 fully saturated rings. The Bertz CT molecular complexity index is 498. The summed E-state index contributed by atoms with van der Waals surface area (Å²) >= 11 is 0. The van der Waals surface area contributed by atoms with Crippen molar-refractivity contribution in [3.63, 3.8) is 0 Å². The SMILES string of the molecule is CCCN(CCC)c1ccc([N+](=O)[O-])c(/C(N)=N/O)n1. The number of oxime groups is 1. The van der Waals surface area contributed by atoms with Crippen LogP contribution in [-0.4, -0.2) is 34.0 Å². The quantitative estimate of drug-likeness (QED) is 0.258. The summed E-state index contributed by atoms with van der Waals surface area (Å²) < 4.78 is 0. The number of hydrogen-bond acceptors (Lipinski definition) is 6.